The molecule has 0 aliphatic rings. The van der Waals surface area contributed by atoms with Gasteiger partial charge in [-0.25, -0.2) is 4.98 Å². The van der Waals surface area contributed by atoms with Gasteiger partial charge in [-0.3, -0.25) is 0 Å². The second kappa shape index (κ2) is 8.82. The Kier molecular flexibility index (Phi) is 7.80. The summed E-state index contributed by atoms with van der Waals surface area (Å²) in [5.41, 5.74) is 1.16. The zero-order valence-electron chi connectivity index (χ0n) is 12.8. The summed E-state index contributed by atoms with van der Waals surface area (Å²) in [5, 5.41) is 6.74. The summed E-state index contributed by atoms with van der Waals surface area (Å²) >= 11 is 3.65. The molecule has 110 valence electrons. The SMILES string of the molecule is CSCCC(C)N(C)c1nc(CNCC(C)C)cs1. The second-order valence-corrected chi connectivity index (χ2v) is 7.21. The third-order valence-electron chi connectivity index (χ3n) is 3.10. The monoisotopic (exact) mass is 301 g/mol. The normalized spacial score (nSPS) is 12.9. The van der Waals surface area contributed by atoms with Crippen LogP contribution in [0.4, 0.5) is 5.13 Å². The zero-order valence-corrected chi connectivity index (χ0v) is 14.4. The predicted octanol–water partition coefficient (Wildman–Crippen LogP) is 3.47. The highest BCUT2D eigenvalue weighted by Gasteiger charge is 2.13. The van der Waals surface area contributed by atoms with E-state index in [0.717, 1.165) is 23.9 Å². The highest BCUT2D eigenvalue weighted by Crippen LogP contribution is 2.22. The van der Waals surface area contributed by atoms with Gasteiger partial charge in [0.1, 0.15) is 0 Å². The Morgan fingerprint density at radius 1 is 1.42 bits per heavy atom. The number of thioether (sulfide) groups is 1. The third-order valence-corrected chi connectivity index (χ3v) is 4.72. The number of nitrogens with one attached hydrogen (secondary N) is 1. The lowest BCUT2D eigenvalue weighted by molar-refractivity contribution is 0.549. The predicted molar refractivity (Wildman–Crippen MR) is 89.5 cm³/mol. The number of aromatic nitrogens is 1. The Morgan fingerprint density at radius 2 is 2.16 bits per heavy atom. The quantitative estimate of drug-likeness (QED) is 0.756. The fourth-order valence-corrected chi connectivity index (χ4v) is 3.17. The van der Waals surface area contributed by atoms with Crippen molar-refractivity contribution in [2.45, 2.75) is 39.8 Å². The van der Waals surface area contributed by atoms with E-state index in [1.165, 1.54) is 12.2 Å². The summed E-state index contributed by atoms with van der Waals surface area (Å²) < 4.78 is 0. The number of thiazole rings is 1. The summed E-state index contributed by atoms with van der Waals surface area (Å²) in [5.74, 6) is 1.90. The highest BCUT2D eigenvalue weighted by atomic mass is 32.2. The van der Waals surface area contributed by atoms with E-state index < -0.39 is 0 Å². The van der Waals surface area contributed by atoms with Crippen molar-refractivity contribution >= 4 is 28.2 Å². The maximum atomic E-state index is 4.71. The van der Waals surface area contributed by atoms with E-state index in [4.69, 9.17) is 4.98 Å². The molecule has 1 atom stereocenters. The molecule has 0 saturated heterocycles. The molecule has 0 aliphatic carbocycles. The number of hydrogen-bond acceptors (Lipinski definition) is 5. The minimum atomic E-state index is 0.551. The van der Waals surface area contributed by atoms with E-state index in [-0.39, 0.29) is 0 Å². The largest absolute Gasteiger partial charge is 0.348 e. The van der Waals surface area contributed by atoms with E-state index >= 15 is 0 Å². The van der Waals surface area contributed by atoms with Gasteiger partial charge >= 0.3 is 0 Å². The average molecular weight is 302 g/mol. The van der Waals surface area contributed by atoms with Gasteiger partial charge in [0.2, 0.25) is 0 Å². The summed E-state index contributed by atoms with van der Waals surface area (Å²) in [4.78, 5) is 7.01. The van der Waals surface area contributed by atoms with Crippen LogP contribution in [0, 0.1) is 5.92 Å². The van der Waals surface area contributed by atoms with E-state index in [0.29, 0.717) is 12.0 Å². The van der Waals surface area contributed by atoms with E-state index in [9.17, 15) is 0 Å². The lowest BCUT2D eigenvalue weighted by atomic mass is 10.2. The summed E-state index contributed by atoms with van der Waals surface area (Å²) in [6.45, 7) is 8.64. The Labute approximate surface area is 126 Å². The molecule has 1 rings (SSSR count). The summed E-state index contributed by atoms with van der Waals surface area (Å²) in [6.07, 6.45) is 3.37. The van der Waals surface area contributed by atoms with Crippen molar-refractivity contribution < 1.29 is 0 Å². The van der Waals surface area contributed by atoms with Crippen LogP contribution in [0.5, 0.6) is 0 Å². The van der Waals surface area contributed by atoms with Gasteiger partial charge in [-0.2, -0.15) is 11.8 Å². The molecule has 19 heavy (non-hydrogen) atoms. The number of nitrogens with zero attached hydrogens (tertiary/aromatic N) is 2. The first-order valence-electron chi connectivity index (χ1n) is 6.91. The van der Waals surface area contributed by atoms with E-state index in [2.05, 4.69) is 49.7 Å². The molecule has 0 aromatic carbocycles. The van der Waals surface area contributed by atoms with Gasteiger partial charge in [-0.05, 0) is 37.8 Å². The highest BCUT2D eigenvalue weighted by molar-refractivity contribution is 7.98. The van der Waals surface area contributed by atoms with Crippen molar-refractivity contribution in [1.29, 1.82) is 0 Å². The zero-order chi connectivity index (χ0) is 14.3. The Hall–Kier alpha value is -0.260. The molecule has 0 fully saturated rings. The van der Waals surface area contributed by atoms with E-state index in [1.807, 2.05) is 11.8 Å². The molecule has 1 unspecified atom stereocenters. The maximum Gasteiger partial charge on any atom is 0.185 e. The Balaban J connectivity index is 2.44. The molecule has 0 aliphatic heterocycles. The van der Waals surface area contributed by atoms with Crippen LogP contribution in [-0.4, -0.2) is 36.6 Å². The van der Waals surface area contributed by atoms with Gasteiger partial charge in [0.05, 0.1) is 5.69 Å². The fraction of sp³-hybridized carbons (Fsp3) is 0.786. The molecule has 0 bridgehead atoms. The fourth-order valence-electron chi connectivity index (χ4n) is 1.70. The minimum Gasteiger partial charge on any atom is -0.348 e. The van der Waals surface area contributed by atoms with Crippen molar-refractivity contribution in [3.8, 4) is 0 Å². The first kappa shape index (κ1) is 16.8. The van der Waals surface area contributed by atoms with Crippen molar-refractivity contribution in [2.24, 2.45) is 5.92 Å². The first-order valence-corrected chi connectivity index (χ1v) is 9.18. The van der Waals surface area contributed by atoms with Gasteiger partial charge < -0.3 is 10.2 Å². The minimum absolute atomic E-state index is 0.551. The smallest absolute Gasteiger partial charge is 0.185 e. The molecule has 1 aromatic heterocycles. The first-order chi connectivity index (χ1) is 9.04. The van der Waals surface area contributed by atoms with Crippen LogP contribution in [-0.2, 0) is 6.54 Å². The molecular weight excluding hydrogens is 274 g/mol. The molecule has 5 heteroatoms. The molecule has 0 radical (unpaired) electrons. The standard InChI is InChI=1S/C14H27N3S2/c1-11(2)8-15-9-13-10-19-14(16-13)17(4)12(3)6-7-18-5/h10-12,15H,6-9H2,1-5H3. The second-order valence-electron chi connectivity index (χ2n) is 5.39. The van der Waals surface area contributed by atoms with Gasteiger partial charge in [0, 0.05) is 25.0 Å². The summed E-state index contributed by atoms with van der Waals surface area (Å²) in [7, 11) is 2.15. The van der Waals surface area contributed by atoms with Crippen LogP contribution in [0.1, 0.15) is 32.9 Å². The van der Waals surface area contributed by atoms with Crippen LogP contribution in [0.3, 0.4) is 0 Å². The molecule has 1 aromatic rings. The van der Waals surface area contributed by atoms with Gasteiger partial charge in [0.25, 0.3) is 0 Å². The molecule has 1 N–H and O–H groups in total. The Morgan fingerprint density at radius 3 is 2.79 bits per heavy atom. The van der Waals surface area contributed by atoms with Crippen molar-refractivity contribution in [2.75, 3.05) is 30.5 Å². The molecule has 1 heterocycles. The number of anilines is 1. The van der Waals surface area contributed by atoms with Crippen LogP contribution >= 0.6 is 23.1 Å². The number of rotatable bonds is 9. The van der Waals surface area contributed by atoms with E-state index in [1.54, 1.807) is 11.3 Å². The lowest BCUT2D eigenvalue weighted by Gasteiger charge is -2.23. The maximum absolute atomic E-state index is 4.71. The molecule has 0 saturated carbocycles. The van der Waals surface area contributed by atoms with Gasteiger partial charge in [-0.15, -0.1) is 11.3 Å². The third kappa shape index (κ3) is 6.15. The Bertz CT molecular complexity index is 352. The molecule has 3 nitrogen and oxygen atoms in total. The van der Waals surface area contributed by atoms with Crippen molar-refractivity contribution in [3.63, 3.8) is 0 Å². The van der Waals surface area contributed by atoms with Gasteiger partial charge in [-0.1, -0.05) is 13.8 Å². The van der Waals surface area contributed by atoms with Crippen LogP contribution in [0.2, 0.25) is 0 Å². The van der Waals surface area contributed by atoms with Crippen LogP contribution in [0.25, 0.3) is 0 Å². The topological polar surface area (TPSA) is 28.2 Å². The van der Waals surface area contributed by atoms with Crippen molar-refractivity contribution in [1.82, 2.24) is 10.3 Å². The van der Waals surface area contributed by atoms with Crippen LogP contribution in [0.15, 0.2) is 5.38 Å². The molecular formula is C14H27N3S2. The summed E-state index contributed by atoms with van der Waals surface area (Å²) in [6, 6.07) is 0.551. The van der Waals surface area contributed by atoms with Crippen LogP contribution < -0.4 is 10.2 Å². The average Bonchev–Trinajstić information content (AvgIpc) is 2.83. The van der Waals surface area contributed by atoms with Gasteiger partial charge in [0.15, 0.2) is 5.13 Å². The molecule has 0 amide bonds. The number of hydrogen-bond donors (Lipinski definition) is 1. The van der Waals surface area contributed by atoms with Crippen molar-refractivity contribution in [3.05, 3.63) is 11.1 Å². The lowest BCUT2D eigenvalue weighted by Crippen LogP contribution is -2.29. The molecule has 0 spiro atoms.